The second-order valence-corrected chi connectivity index (χ2v) is 5.50. The molecule has 1 unspecified atom stereocenters. The maximum atomic E-state index is 4.39. The maximum Gasteiger partial charge on any atom is 0.150 e. The molecule has 1 aromatic heterocycles. The highest BCUT2D eigenvalue weighted by molar-refractivity contribution is 4.98. The first-order chi connectivity index (χ1) is 8.86. The average Bonchev–Trinajstić information content (AvgIpc) is 3.09. The zero-order chi connectivity index (χ0) is 12.4. The molecule has 3 rings (SSSR count). The highest BCUT2D eigenvalue weighted by Gasteiger charge is 2.26. The lowest BCUT2D eigenvalue weighted by atomic mass is 10.2. The van der Waals surface area contributed by atoms with E-state index in [1.807, 2.05) is 6.33 Å². The van der Waals surface area contributed by atoms with Gasteiger partial charge in [-0.3, -0.25) is 4.90 Å². The minimum absolute atomic E-state index is 0.384. The number of hydrogen-bond donors (Lipinski definition) is 1. The first-order valence-electron chi connectivity index (χ1n) is 7.20. The van der Waals surface area contributed by atoms with Gasteiger partial charge in [-0.2, -0.15) is 0 Å². The fourth-order valence-corrected chi connectivity index (χ4v) is 3.25. The summed E-state index contributed by atoms with van der Waals surface area (Å²) in [4.78, 5) is 2.51. The standard InChI is InChI=1S/C13H23N5/c1-11(17-8-6-14-7-9-17)13-16-15-10-18(13)12-4-2-3-5-12/h10-12,14H,2-9H2,1H3. The quantitative estimate of drug-likeness (QED) is 0.878. The smallest absolute Gasteiger partial charge is 0.150 e. The van der Waals surface area contributed by atoms with Gasteiger partial charge in [0.2, 0.25) is 0 Å². The molecule has 0 amide bonds. The van der Waals surface area contributed by atoms with Crippen molar-refractivity contribution in [2.75, 3.05) is 26.2 Å². The van der Waals surface area contributed by atoms with Crippen LogP contribution in [0.2, 0.25) is 0 Å². The molecule has 0 spiro atoms. The van der Waals surface area contributed by atoms with Crippen LogP contribution in [0.25, 0.3) is 0 Å². The lowest BCUT2D eigenvalue weighted by molar-refractivity contribution is 0.173. The Morgan fingerprint density at radius 3 is 2.72 bits per heavy atom. The van der Waals surface area contributed by atoms with Gasteiger partial charge in [-0.15, -0.1) is 10.2 Å². The van der Waals surface area contributed by atoms with Crippen LogP contribution in [-0.2, 0) is 0 Å². The van der Waals surface area contributed by atoms with E-state index < -0.39 is 0 Å². The predicted molar refractivity (Wildman–Crippen MR) is 70.4 cm³/mol. The van der Waals surface area contributed by atoms with Crippen molar-refractivity contribution in [2.24, 2.45) is 0 Å². The van der Waals surface area contributed by atoms with Crippen LogP contribution in [0.5, 0.6) is 0 Å². The molecule has 1 atom stereocenters. The molecule has 1 aliphatic heterocycles. The molecule has 0 aromatic carbocycles. The summed E-state index contributed by atoms with van der Waals surface area (Å²) in [6.07, 6.45) is 7.22. The van der Waals surface area contributed by atoms with Gasteiger partial charge in [0, 0.05) is 32.2 Å². The molecule has 18 heavy (non-hydrogen) atoms. The van der Waals surface area contributed by atoms with E-state index in [0.717, 1.165) is 32.0 Å². The summed E-state index contributed by atoms with van der Waals surface area (Å²) in [7, 11) is 0. The van der Waals surface area contributed by atoms with Crippen molar-refractivity contribution in [2.45, 2.75) is 44.7 Å². The molecule has 1 aromatic rings. The Kier molecular flexibility index (Phi) is 3.61. The summed E-state index contributed by atoms with van der Waals surface area (Å²) in [5, 5.41) is 11.9. The van der Waals surface area contributed by atoms with Gasteiger partial charge in [-0.05, 0) is 19.8 Å². The number of nitrogens with zero attached hydrogens (tertiary/aromatic N) is 4. The Hall–Kier alpha value is -0.940. The Morgan fingerprint density at radius 2 is 2.00 bits per heavy atom. The average molecular weight is 249 g/mol. The topological polar surface area (TPSA) is 46.0 Å². The normalized spacial score (nSPS) is 24.5. The minimum atomic E-state index is 0.384. The van der Waals surface area contributed by atoms with E-state index >= 15 is 0 Å². The molecule has 100 valence electrons. The zero-order valence-corrected chi connectivity index (χ0v) is 11.2. The van der Waals surface area contributed by atoms with Crippen molar-refractivity contribution < 1.29 is 0 Å². The van der Waals surface area contributed by atoms with Gasteiger partial charge in [0.05, 0.1) is 6.04 Å². The summed E-state index contributed by atoms with van der Waals surface area (Å²) >= 11 is 0. The van der Waals surface area contributed by atoms with E-state index in [1.54, 1.807) is 0 Å². The molecule has 0 bridgehead atoms. The van der Waals surface area contributed by atoms with Crippen molar-refractivity contribution in [3.05, 3.63) is 12.2 Å². The number of aromatic nitrogens is 3. The van der Waals surface area contributed by atoms with Crippen LogP contribution in [0, 0.1) is 0 Å². The summed E-state index contributed by atoms with van der Waals surface area (Å²) in [6, 6.07) is 1.02. The fourth-order valence-electron chi connectivity index (χ4n) is 3.25. The van der Waals surface area contributed by atoms with Crippen LogP contribution in [0.1, 0.15) is 50.5 Å². The molecule has 5 heteroatoms. The molecular formula is C13H23N5. The molecule has 1 saturated heterocycles. The summed E-state index contributed by atoms with van der Waals surface area (Å²) in [6.45, 7) is 6.65. The van der Waals surface area contributed by atoms with E-state index in [2.05, 4.69) is 31.9 Å². The van der Waals surface area contributed by atoms with Crippen molar-refractivity contribution in [3.8, 4) is 0 Å². The van der Waals surface area contributed by atoms with Gasteiger partial charge in [0.15, 0.2) is 0 Å². The first-order valence-corrected chi connectivity index (χ1v) is 7.20. The molecular weight excluding hydrogens is 226 g/mol. The van der Waals surface area contributed by atoms with Gasteiger partial charge in [-0.1, -0.05) is 12.8 Å². The van der Waals surface area contributed by atoms with E-state index in [-0.39, 0.29) is 0 Å². The Balaban J connectivity index is 1.76. The molecule has 1 saturated carbocycles. The predicted octanol–water partition coefficient (Wildman–Crippen LogP) is 1.36. The molecule has 5 nitrogen and oxygen atoms in total. The maximum absolute atomic E-state index is 4.39. The van der Waals surface area contributed by atoms with E-state index in [1.165, 1.54) is 25.7 Å². The fraction of sp³-hybridized carbons (Fsp3) is 0.846. The first kappa shape index (κ1) is 12.1. The third kappa shape index (κ3) is 2.29. The van der Waals surface area contributed by atoms with E-state index in [9.17, 15) is 0 Å². The van der Waals surface area contributed by atoms with E-state index in [0.29, 0.717) is 12.1 Å². The molecule has 1 N–H and O–H groups in total. The molecule has 2 fully saturated rings. The van der Waals surface area contributed by atoms with E-state index in [4.69, 9.17) is 0 Å². The second kappa shape index (κ2) is 5.36. The zero-order valence-electron chi connectivity index (χ0n) is 11.2. The molecule has 1 aliphatic carbocycles. The Morgan fingerprint density at radius 1 is 1.28 bits per heavy atom. The van der Waals surface area contributed by atoms with Gasteiger partial charge >= 0.3 is 0 Å². The van der Waals surface area contributed by atoms with Crippen molar-refractivity contribution in [1.29, 1.82) is 0 Å². The summed E-state index contributed by atoms with van der Waals surface area (Å²) in [5.41, 5.74) is 0. The van der Waals surface area contributed by atoms with Crippen LogP contribution >= 0.6 is 0 Å². The second-order valence-electron chi connectivity index (χ2n) is 5.50. The van der Waals surface area contributed by atoms with Gasteiger partial charge in [0.25, 0.3) is 0 Å². The lowest BCUT2D eigenvalue weighted by Gasteiger charge is -2.32. The van der Waals surface area contributed by atoms with Crippen LogP contribution in [0.15, 0.2) is 6.33 Å². The minimum Gasteiger partial charge on any atom is -0.314 e. The van der Waals surface area contributed by atoms with Crippen molar-refractivity contribution in [3.63, 3.8) is 0 Å². The Bertz CT molecular complexity index is 376. The van der Waals surface area contributed by atoms with Crippen LogP contribution < -0.4 is 5.32 Å². The summed E-state index contributed by atoms with van der Waals surface area (Å²) in [5.74, 6) is 1.16. The van der Waals surface area contributed by atoms with Gasteiger partial charge in [-0.25, -0.2) is 0 Å². The highest BCUT2D eigenvalue weighted by Crippen LogP contribution is 2.32. The molecule has 0 radical (unpaired) electrons. The number of hydrogen-bond acceptors (Lipinski definition) is 4. The van der Waals surface area contributed by atoms with Gasteiger partial charge in [0.1, 0.15) is 12.2 Å². The lowest BCUT2D eigenvalue weighted by Crippen LogP contribution is -2.45. The summed E-state index contributed by atoms with van der Waals surface area (Å²) < 4.78 is 2.33. The van der Waals surface area contributed by atoms with Crippen LogP contribution in [0.4, 0.5) is 0 Å². The van der Waals surface area contributed by atoms with Crippen LogP contribution in [0.3, 0.4) is 0 Å². The molecule has 2 heterocycles. The SMILES string of the molecule is CC(c1nncn1C1CCCC1)N1CCNCC1. The third-order valence-electron chi connectivity index (χ3n) is 4.39. The highest BCUT2D eigenvalue weighted by atomic mass is 15.3. The number of rotatable bonds is 3. The number of piperazine rings is 1. The van der Waals surface area contributed by atoms with Crippen LogP contribution in [-0.4, -0.2) is 45.8 Å². The largest absolute Gasteiger partial charge is 0.314 e. The van der Waals surface area contributed by atoms with Crippen molar-refractivity contribution >= 4 is 0 Å². The third-order valence-corrected chi connectivity index (χ3v) is 4.39. The monoisotopic (exact) mass is 249 g/mol. The molecule has 2 aliphatic rings. The Labute approximate surface area is 109 Å². The number of nitrogens with one attached hydrogen (secondary N) is 1. The van der Waals surface area contributed by atoms with Crippen molar-refractivity contribution in [1.82, 2.24) is 25.0 Å². The van der Waals surface area contributed by atoms with Gasteiger partial charge < -0.3 is 9.88 Å².